The Morgan fingerprint density at radius 3 is 2.40 bits per heavy atom. The Hall–Kier alpha value is -3.60. The van der Waals surface area contributed by atoms with Gasteiger partial charge in [-0.05, 0) is 49.9 Å². The number of carbonyl (C=O) groups excluding carboxylic acids is 1. The molecule has 1 aliphatic heterocycles. The van der Waals surface area contributed by atoms with Crippen LogP contribution in [0.25, 0.3) is 22.8 Å². The SMILES string of the molecule is N#CC1(NC(=O)[C@@H]2CCCC[C@H]2c2oc(-c3ccc(C(F)(F)F)cn3)nc2-c2ccc(N3CCS(O)(O)CC3)cc2)CC1. The lowest BCUT2D eigenvalue weighted by Crippen LogP contribution is -2.42. The molecule has 2 aromatic heterocycles. The van der Waals surface area contributed by atoms with E-state index in [0.29, 0.717) is 67.3 Å². The molecule has 3 N–H and O–H groups in total. The lowest BCUT2D eigenvalue weighted by Gasteiger charge is -2.41. The molecule has 3 aromatic rings. The lowest BCUT2D eigenvalue weighted by atomic mass is 9.76. The second-order valence-corrected chi connectivity index (χ2v) is 14.0. The highest BCUT2D eigenvalue weighted by Gasteiger charge is 2.47. The van der Waals surface area contributed by atoms with E-state index in [0.717, 1.165) is 30.8 Å². The maximum Gasteiger partial charge on any atom is 0.417 e. The number of halogens is 3. The molecule has 3 aliphatic rings. The van der Waals surface area contributed by atoms with Gasteiger partial charge in [-0.15, -0.1) is 0 Å². The molecule has 0 spiro atoms. The highest BCUT2D eigenvalue weighted by Crippen LogP contribution is 2.45. The second-order valence-electron chi connectivity index (χ2n) is 11.6. The number of alkyl halides is 3. The van der Waals surface area contributed by atoms with Crippen LogP contribution in [0.5, 0.6) is 0 Å². The average molecular weight is 616 g/mol. The molecule has 2 saturated carbocycles. The van der Waals surface area contributed by atoms with Crippen molar-refractivity contribution in [3.63, 3.8) is 0 Å². The zero-order valence-corrected chi connectivity index (χ0v) is 24.1. The zero-order valence-electron chi connectivity index (χ0n) is 23.3. The molecule has 2 aliphatic carbocycles. The minimum absolute atomic E-state index is 0.0597. The number of hydrogen-bond donors (Lipinski definition) is 3. The number of carbonyl (C=O) groups is 1. The molecule has 6 rings (SSSR count). The molecule has 2 atom stereocenters. The van der Waals surface area contributed by atoms with Crippen molar-refractivity contribution < 1.29 is 31.5 Å². The van der Waals surface area contributed by atoms with Crippen molar-refractivity contribution in [2.45, 2.75) is 56.2 Å². The van der Waals surface area contributed by atoms with Gasteiger partial charge in [-0.2, -0.15) is 29.0 Å². The summed E-state index contributed by atoms with van der Waals surface area (Å²) in [6, 6.07) is 11.9. The predicted molar refractivity (Wildman–Crippen MR) is 155 cm³/mol. The summed E-state index contributed by atoms with van der Waals surface area (Å²) in [5.74, 6) is 0.149. The van der Waals surface area contributed by atoms with E-state index in [-0.39, 0.29) is 23.4 Å². The molecule has 13 heteroatoms. The summed E-state index contributed by atoms with van der Waals surface area (Å²) in [6.45, 7) is 1.04. The van der Waals surface area contributed by atoms with E-state index in [4.69, 9.17) is 9.40 Å². The van der Waals surface area contributed by atoms with E-state index in [2.05, 4.69) is 21.3 Å². The predicted octanol–water partition coefficient (Wildman–Crippen LogP) is 6.44. The Kier molecular flexibility index (Phi) is 7.64. The molecule has 228 valence electrons. The molecule has 3 heterocycles. The molecule has 1 aromatic carbocycles. The Labute approximate surface area is 248 Å². The number of nitriles is 1. The Bertz CT molecular complexity index is 1520. The fourth-order valence-electron chi connectivity index (χ4n) is 5.88. The van der Waals surface area contributed by atoms with Crippen molar-refractivity contribution in [3.8, 4) is 28.9 Å². The number of aromatic nitrogens is 2. The smallest absolute Gasteiger partial charge is 0.417 e. The van der Waals surface area contributed by atoms with Gasteiger partial charge in [0.05, 0.1) is 23.1 Å². The van der Waals surface area contributed by atoms with Gasteiger partial charge in [0.25, 0.3) is 0 Å². The normalized spacial score (nSPS) is 23.7. The van der Waals surface area contributed by atoms with Crippen LogP contribution >= 0.6 is 10.6 Å². The monoisotopic (exact) mass is 615 g/mol. The minimum Gasteiger partial charge on any atom is -0.439 e. The topological polar surface area (TPSA) is 136 Å². The van der Waals surface area contributed by atoms with Gasteiger partial charge < -0.3 is 14.6 Å². The number of nitrogens with one attached hydrogen (secondary N) is 1. The molecule has 1 saturated heterocycles. The van der Waals surface area contributed by atoms with E-state index in [1.807, 2.05) is 24.3 Å². The maximum absolute atomic E-state index is 13.4. The first-order chi connectivity index (χ1) is 20.5. The first-order valence-electron chi connectivity index (χ1n) is 14.3. The van der Waals surface area contributed by atoms with Crippen LogP contribution in [0.3, 0.4) is 0 Å². The summed E-state index contributed by atoms with van der Waals surface area (Å²) in [4.78, 5) is 24.2. The summed E-state index contributed by atoms with van der Waals surface area (Å²) >= 11 is 0. The number of rotatable bonds is 6. The van der Waals surface area contributed by atoms with Crippen molar-refractivity contribution in [3.05, 3.63) is 53.9 Å². The summed E-state index contributed by atoms with van der Waals surface area (Å²) in [6.07, 6.45) is 0.417. The molecule has 9 nitrogen and oxygen atoms in total. The maximum atomic E-state index is 13.4. The Balaban J connectivity index is 1.35. The molecule has 43 heavy (non-hydrogen) atoms. The molecule has 3 fully saturated rings. The van der Waals surface area contributed by atoms with Crippen molar-refractivity contribution in [1.29, 1.82) is 5.26 Å². The van der Waals surface area contributed by atoms with Gasteiger partial charge in [-0.25, -0.2) is 4.98 Å². The third kappa shape index (κ3) is 6.23. The van der Waals surface area contributed by atoms with E-state index in [1.54, 1.807) is 0 Å². The Morgan fingerprint density at radius 1 is 1.09 bits per heavy atom. The summed E-state index contributed by atoms with van der Waals surface area (Å²) in [7, 11) is -2.53. The number of oxazole rings is 1. The van der Waals surface area contributed by atoms with E-state index in [9.17, 15) is 32.3 Å². The fraction of sp³-hybridized carbons (Fsp3) is 0.467. The van der Waals surface area contributed by atoms with Crippen LogP contribution < -0.4 is 10.2 Å². The summed E-state index contributed by atoms with van der Waals surface area (Å²) in [5.41, 5.74) is 0.561. The van der Waals surface area contributed by atoms with Gasteiger partial charge >= 0.3 is 6.18 Å². The number of hydrogen-bond acceptors (Lipinski definition) is 8. The highest BCUT2D eigenvalue weighted by molar-refractivity contribution is 8.24. The number of amides is 1. The number of anilines is 1. The number of nitrogens with zero attached hydrogens (tertiary/aromatic N) is 4. The summed E-state index contributed by atoms with van der Waals surface area (Å²) in [5, 5.41) is 12.5. The van der Waals surface area contributed by atoms with E-state index in [1.165, 1.54) is 6.07 Å². The first kappa shape index (κ1) is 29.5. The Morgan fingerprint density at radius 2 is 1.79 bits per heavy atom. The summed E-state index contributed by atoms with van der Waals surface area (Å²) < 4.78 is 65.7. The minimum atomic E-state index is -4.53. The van der Waals surface area contributed by atoms with Crippen molar-refractivity contribution in [2.24, 2.45) is 5.92 Å². The van der Waals surface area contributed by atoms with Gasteiger partial charge in [0.1, 0.15) is 22.7 Å². The van der Waals surface area contributed by atoms with Crippen LogP contribution in [0.15, 0.2) is 47.0 Å². The number of benzene rings is 1. The third-order valence-corrected chi connectivity index (χ3v) is 10.3. The largest absolute Gasteiger partial charge is 0.439 e. The second kappa shape index (κ2) is 11.2. The zero-order chi connectivity index (χ0) is 30.4. The van der Waals surface area contributed by atoms with Crippen LogP contribution in [0.2, 0.25) is 0 Å². The standard InChI is InChI=1S/C30H32F3N5O4S/c31-30(32,33)20-7-10-24(35-17-20)28-36-25(19-5-8-21(9-6-19)38-13-15-43(40,41)16-14-38)26(42-28)22-3-1-2-4-23(22)27(39)37-29(18-34)11-12-29/h5-10,17,22-23,40-41H,1-4,11-16H2,(H,37,39)/t22-,23-/m1/s1. The van der Waals surface area contributed by atoms with Gasteiger partial charge in [0, 0.05) is 42.4 Å². The van der Waals surface area contributed by atoms with E-state index >= 15 is 0 Å². The van der Waals surface area contributed by atoms with Gasteiger partial charge in [-0.1, -0.05) is 25.0 Å². The number of pyridine rings is 1. The quantitative estimate of drug-likeness (QED) is 0.288. The molecule has 0 radical (unpaired) electrons. The van der Waals surface area contributed by atoms with E-state index < -0.39 is 33.8 Å². The highest BCUT2D eigenvalue weighted by atomic mass is 32.3. The van der Waals surface area contributed by atoms with Gasteiger partial charge in [0.15, 0.2) is 0 Å². The molecular weight excluding hydrogens is 583 g/mol. The lowest BCUT2D eigenvalue weighted by molar-refractivity contribution is -0.137. The van der Waals surface area contributed by atoms with Crippen LogP contribution in [0.1, 0.15) is 55.8 Å². The van der Waals surface area contributed by atoms with Crippen LogP contribution in [0.4, 0.5) is 18.9 Å². The molecule has 0 bridgehead atoms. The molecular formula is C30H32F3N5O4S. The van der Waals surface area contributed by atoms with Gasteiger partial charge in [0.2, 0.25) is 11.8 Å². The molecule has 1 amide bonds. The van der Waals surface area contributed by atoms with Crippen LogP contribution in [-0.2, 0) is 11.0 Å². The van der Waals surface area contributed by atoms with Crippen molar-refractivity contribution in [1.82, 2.24) is 15.3 Å². The molecule has 0 unspecified atom stereocenters. The fourth-order valence-corrected chi connectivity index (χ4v) is 7.11. The van der Waals surface area contributed by atoms with Crippen molar-refractivity contribution >= 4 is 22.2 Å². The first-order valence-corrected chi connectivity index (χ1v) is 16.2. The van der Waals surface area contributed by atoms with Crippen molar-refractivity contribution in [2.75, 3.05) is 29.5 Å². The third-order valence-electron chi connectivity index (χ3n) is 8.61. The average Bonchev–Trinajstić information content (AvgIpc) is 3.63. The van der Waals surface area contributed by atoms with Crippen LogP contribution in [0, 0.1) is 17.2 Å². The van der Waals surface area contributed by atoms with Crippen LogP contribution in [-0.4, -0.2) is 55.1 Å². The van der Waals surface area contributed by atoms with Gasteiger partial charge in [-0.3, -0.25) is 18.9 Å².